The topological polar surface area (TPSA) is 15.8 Å². The summed E-state index contributed by atoms with van der Waals surface area (Å²) in [5, 5.41) is 2.20. The highest BCUT2D eigenvalue weighted by Gasteiger charge is 2.24. The molecular weight excluding hydrogens is 290 g/mol. The van der Waals surface area contributed by atoms with E-state index in [2.05, 4.69) is 31.0 Å². The van der Waals surface area contributed by atoms with Gasteiger partial charge in [-0.2, -0.15) is 0 Å². The number of hydrogen-bond donors (Lipinski definition) is 1. The molecule has 0 bridgehead atoms. The van der Waals surface area contributed by atoms with Crippen LogP contribution in [0.5, 0.6) is 0 Å². The minimum absolute atomic E-state index is 0.849. The number of rotatable bonds is 6. The SMILES string of the molecule is CCCCC(CC)CC1CCc2c([nH]c3ccc(Cl)cc23)C1. The molecule has 1 heterocycles. The van der Waals surface area contributed by atoms with E-state index in [-0.39, 0.29) is 0 Å². The Morgan fingerprint density at radius 3 is 2.95 bits per heavy atom. The fourth-order valence-electron chi connectivity index (χ4n) is 4.13. The first-order valence-corrected chi connectivity index (χ1v) is 9.38. The van der Waals surface area contributed by atoms with Crippen LogP contribution < -0.4 is 0 Å². The second-order valence-electron chi connectivity index (χ2n) is 7.03. The third-order valence-electron chi connectivity index (χ3n) is 5.46. The lowest BCUT2D eigenvalue weighted by molar-refractivity contribution is 0.312. The molecular formula is C20H28ClN. The van der Waals surface area contributed by atoms with Crippen LogP contribution in [0.15, 0.2) is 18.2 Å². The van der Waals surface area contributed by atoms with Crippen molar-refractivity contribution >= 4 is 22.5 Å². The van der Waals surface area contributed by atoms with Crippen molar-refractivity contribution in [2.24, 2.45) is 11.8 Å². The van der Waals surface area contributed by atoms with Gasteiger partial charge in [0, 0.05) is 21.6 Å². The quantitative estimate of drug-likeness (QED) is 0.623. The van der Waals surface area contributed by atoms with Crippen LogP contribution in [0.3, 0.4) is 0 Å². The number of aromatic nitrogens is 1. The molecule has 2 atom stereocenters. The minimum atomic E-state index is 0.849. The molecule has 0 saturated carbocycles. The lowest BCUT2D eigenvalue weighted by Gasteiger charge is -2.26. The second kappa shape index (κ2) is 7.08. The lowest BCUT2D eigenvalue weighted by Crippen LogP contribution is -2.17. The van der Waals surface area contributed by atoms with Gasteiger partial charge >= 0.3 is 0 Å². The largest absolute Gasteiger partial charge is 0.358 e. The summed E-state index contributed by atoms with van der Waals surface area (Å²) in [6, 6.07) is 6.24. The summed E-state index contributed by atoms with van der Waals surface area (Å²) in [5.74, 6) is 1.78. The Morgan fingerprint density at radius 1 is 1.32 bits per heavy atom. The van der Waals surface area contributed by atoms with E-state index in [4.69, 9.17) is 11.6 Å². The first kappa shape index (κ1) is 15.9. The van der Waals surface area contributed by atoms with Crippen molar-refractivity contribution in [3.05, 3.63) is 34.5 Å². The van der Waals surface area contributed by atoms with Crippen molar-refractivity contribution in [3.8, 4) is 0 Å². The number of unbranched alkanes of at least 4 members (excludes halogenated alkanes) is 1. The van der Waals surface area contributed by atoms with Crippen molar-refractivity contribution in [1.82, 2.24) is 4.98 Å². The number of halogens is 1. The molecule has 1 aliphatic rings. The Morgan fingerprint density at radius 2 is 2.18 bits per heavy atom. The molecule has 0 spiro atoms. The highest BCUT2D eigenvalue weighted by Crippen LogP contribution is 2.36. The summed E-state index contributed by atoms with van der Waals surface area (Å²) in [7, 11) is 0. The Labute approximate surface area is 139 Å². The molecule has 22 heavy (non-hydrogen) atoms. The molecule has 0 radical (unpaired) electrons. The van der Waals surface area contributed by atoms with Crippen molar-refractivity contribution in [2.45, 2.75) is 65.2 Å². The van der Waals surface area contributed by atoms with E-state index in [0.717, 1.165) is 16.9 Å². The second-order valence-corrected chi connectivity index (χ2v) is 7.47. The van der Waals surface area contributed by atoms with E-state index in [1.54, 1.807) is 0 Å². The van der Waals surface area contributed by atoms with Crippen LogP contribution in [0.25, 0.3) is 10.9 Å². The lowest BCUT2D eigenvalue weighted by atomic mass is 9.79. The van der Waals surface area contributed by atoms with E-state index < -0.39 is 0 Å². The Hall–Kier alpha value is -0.950. The molecule has 0 aliphatic heterocycles. The molecule has 1 N–H and O–H groups in total. The van der Waals surface area contributed by atoms with Gasteiger partial charge in [-0.3, -0.25) is 0 Å². The number of nitrogens with one attached hydrogen (secondary N) is 1. The summed E-state index contributed by atoms with van der Waals surface area (Å²) < 4.78 is 0. The van der Waals surface area contributed by atoms with E-state index in [9.17, 15) is 0 Å². The number of fused-ring (bicyclic) bond motifs is 3. The van der Waals surface area contributed by atoms with Crippen LogP contribution in [-0.4, -0.2) is 4.98 Å². The predicted molar refractivity (Wildman–Crippen MR) is 96.7 cm³/mol. The van der Waals surface area contributed by atoms with E-state index >= 15 is 0 Å². The van der Waals surface area contributed by atoms with Gasteiger partial charge in [0.25, 0.3) is 0 Å². The Kier molecular flexibility index (Phi) is 5.13. The van der Waals surface area contributed by atoms with Gasteiger partial charge in [0.2, 0.25) is 0 Å². The monoisotopic (exact) mass is 317 g/mol. The molecule has 2 heteroatoms. The summed E-state index contributed by atoms with van der Waals surface area (Å²) in [6.45, 7) is 4.66. The number of benzene rings is 1. The maximum Gasteiger partial charge on any atom is 0.0460 e. The highest BCUT2D eigenvalue weighted by molar-refractivity contribution is 6.31. The number of H-pyrrole nitrogens is 1. The van der Waals surface area contributed by atoms with Gasteiger partial charge in [-0.15, -0.1) is 0 Å². The predicted octanol–water partition coefficient (Wildman–Crippen LogP) is 6.53. The zero-order chi connectivity index (χ0) is 15.5. The van der Waals surface area contributed by atoms with Gasteiger partial charge in [0.15, 0.2) is 0 Å². The molecule has 120 valence electrons. The standard InChI is InChI=1S/C20H28ClN/c1-3-5-6-14(4-2)11-15-7-9-17-18-13-16(21)8-10-19(18)22-20(17)12-15/h8,10,13-15,22H,3-7,9,11-12H2,1-2H3. The summed E-state index contributed by atoms with van der Waals surface area (Å²) in [4.78, 5) is 3.65. The van der Waals surface area contributed by atoms with Gasteiger partial charge < -0.3 is 4.98 Å². The summed E-state index contributed by atoms with van der Waals surface area (Å²) in [6.07, 6.45) is 10.7. The third-order valence-corrected chi connectivity index (χ3v) is 5.70. The van der Waals surface area contributed by atoms with E-state index in [1.165, 1.54) is 73.5 Å². The molecule has 0 amide bonds. The summed E-state index contributed by atoms with van der Waals surface area (Å²) >= 11 is 6.17. The Balaban J connectivity index is 1.72. The molecule has 1 aromatic heterocycles. The van der Waals surface area contributed by atoms with Crippen molar-refractivity contribution in [3.63, 3.8) is 0 Å². The van der Waals surface area contributed by atoms with E-state index in [1.807, 2.05) is 6.07 Å². The number of aryl methyl sites for hydroxylation is 1. The van der Waals surface area contributed by atoms with Crippen molar-refractivity contribution < 1.29 is 0 Å². The first-order chi connectivity index (χ1) is 10.7. The van der Waals surface area contributed by atoms with Crippen molar-refractivity contribution in [1.29, 1.82) is 0 Å². The van der Waals surface area contributed by atoms with Crippen LogP contribution >= 0.6 is 11.6 Å². The van der Waals surface area contributed by atoms with E-state index in [0.29, 0.717) is 0 Å². The fourth-order valence-corrected chi connectivity index (χ4v) is 4.30. The molecule has 1 aromatic carbocycles. The van der Waals surface area contributed by atoms with Gasteiger partial charge in [-0.05, 0) is 61.3 Å². The number of hydrogen-bond acceptors (Lipinski definition) is 0. The van der Waals surface area contributed by atoms with Gasteiger partial charge in [-0.1, -0.05) is 51.1 Å². The smallest absolute Gasteiger partial charge is 0.0460 e. The fraction of sp³-hybridized carbons (Fsp3) is 0.600. The zero-order valence-corrected chi connectivity index (χ0v) is 14.7. The van der Waals surface area contributed by atoms with Crippen LogP contribution in [0, 0.1) is 11.8 Å². The van der Waals surface area contributed by atoms with Gasteiger partial charge in [-0.25, -0.2) is 0 Å². The van der Waals surface area contributed by atoms with Gasteiger partial charge in [0.05, 0.1) is 0 Å². The Bertz CT molecular complexity index is 628. The number of aromatic amines is 1. The third kappa shape index (κ3) is 3.35. The first-order valence-electron chi connectivity index (χ1n) is 9.00. The minimum Gasteiger partial charge on any atom is -0.358 e. The molecule has 0 fully saturated rings. The normalized spacial score (nSPS) is 19.3. The molecule has 2 unspecified atom stereocenters. The average molecular weight is 318 g/mol. The van der Waals surface area contributed by atoms with Crippen LogP contribution in [-0.2, 0) is 12.8 Å². The maximum absolute atomic E-state index is 6.17. The molecule has 2 aromatic rings. The molecule has 1 aliphatic carbocycles. The van der Waals surface area contributed by atoms with Crippen LogP contribution in [0.1, 0.15) is 63.6 Å². The van der Waals surface area contributed by atoms with Crippen LogP contribution in [0.4, 0.5) is 0 Å². The van der Waals surface area contributed by atoms with Crippen LogP contribution in [0.2, 0.25) is 5.02 Å². The molecule has 0 saturated heterocycles. The van der Waals surface area contributed by atoms with Crippen molar-refractivity contribution in [2.75, 3.05) is 0 Å². The average Bonchev–Trinajstić information content (AvgIpc) is 2.88. The zero-order valence-electron chi connectivity index (χ0n) is 13.9. The highest BCUT2D eigenvalue weighted by atomic mass is 35.5. The maximum atomic E-state index is 6.17. The summed E-state index contributed by atoms with van der Waals surface area (Å²) in [5.41, 5.74) is 4.25. The molecule has 3 rings (SSSR count). The van der Waals surface area contributed by atoms with Gasteiger partial charge in [0.1, 0.15) is 0 Å². The molecule has 1 nitrogen and oxygen atoms in total.